The summed E-state index contributed by atoms with van der Waals surface area (Å²) in [6.07, 6.45) is 0. The number of carboxylic acids is 1. The van der Waals surface area contributed by atoms with Crippen LogP contribution >= 0.6 is 0 Å². The third-order valence-corrected chi connectivity index (χ3v) is 3.71. The molecule has 1 N–H and O–H groups in total. The van der Waals surface area contributed by atoms with Crippen molar-refractivity contribution in [2.24, 2.45) is 0 Å². The molecule has 0 amide bonds. The van der Waals surface area contributed by atoms with Crippen LogP contribution in [0.25, 0.3) is 10.8 Å². The van der Waals surface area contributed by atoms with Crippen molar-refractivity contribution in [3.05, 3.63) is 48.0 Å². The minimum Gasteiger partial charge on any atom is -0.480 e. The standard InChI is InChI=1S/C16H19NO2/c1-16(2,15(18)19)17(3)11-12-8-9-13-6-4-5-7-14(13)10-12/h4-10H,11H2,1-3H3,(H,18,19). The van der Waals surface area contributed by atoms with Crippen LogP contribution in [0.3, 0.4) is 0 Å². The fourth-order valence-electron chi connectivity index (χ4n) is 1.97. The number of hydrogen-bond acceptors (Lipinski definition) is 2. The van der Waals surface area contributed by atoms with Gasteiger partial charge in [0.1, 0.15) is 5.54 Å². The van der Waals surface area contributed by atoms with Crippen LogP contribution in [0.2, 0.25) is 0 Å². The van der Waals surface area contributed by atoms with Crippen LogP contribution in [-0.4, -0.2) is 28.6 Å². The zero-order chi connectivity index (χ0) is 14.0. The smallest absolute Gasteiger partial charge is 0.323 e. The highest BCUT2D eigenvalue weighted by atomic mass is 16.4. The summed E-state index contributed by atoms with van der Waals surface area (Å²) in [7, 11) is 1.84. The van der Waals surface area contributed by atoms with Crippen molar-refractivity contribution >= 4 is 16.7 Å². The van der Waals surface area contributed by atoms with Crippen molar-refractivity contribution < 1.29 is 9.90 Å². The van der Waals surface area contributed by atoms with Gasteiger partial charge in [-0.2, -0.15) is 0 Å². The summed E-state index contributed by atoms with van der Waals surface area (Å²) in [6.45, 7) is 4.05. The van der Waals surface area contributed by atoms with Gasteiger partial charge >= 0.3 is 5.97 Å². The number of fused-ring (bicyclic) bond motifs is 1. The first-order valence-electron chi connectivity index (χ1n) is 6.33. The maximum Gasteiger partial charge on any atom is 0.323 e. The minimum atomic E-state index is -0.869. The van der Waals surface area contributed by atoms with Crippen LogP contribution in [0.15, 0.2) is 42.5 Å². The van der Waals surface area contributed by atoms with Crippen molar-refractivity contribution in [1.29, 1.82) is 0 Å². The van der Waals surface area contributed by atoms with E-state index in [1.54, 1.807) is 13.8 Å². The molecular weight excluding hydrogens is 238 g/mol. The Bertz CT molecular complexity index is 604. The molecule has 19 heavy (non-hydrogen) atoms. The number of hydrogen-bond donors (Lipinski definition) is 1. The number of rotatable bonds is 4. The number of aliphatic carboxylic acids is 1. The molecule has 0 heterocycles. The lowest BCUT2D eigenvalue weighted by Gasteiger charge is -2.31. The Morgan fingerprint density at radius 1 is 1.16 bits per heavy atom. The van der Waals surface area contributed by atoms with Crippen molar-refractivity contribution in [3.63, 3.8) is 0 Å². The molecule has 0 atom stereocenters. The fraction of sp³-hybridized carbons (Fsp3) is 0.312. The molecule has 0 spiro atoms. The molecule has 2 rings (SSSR count). The Balaban J connectivity index is 2.24. The minimum absolute atomic E-state index is 0.615. The van der Waals surface area contributed by atoms with Gasteiger partial charge in [0.2, 0.25) is 0 Å². The van der Waals surface area contributed by atoms with Gasteiger partial charge in [-0.25, -0.2) is 0 Å². The zero-order valence-corrected chi connectivity index (χ0v) is 11.6. The summed E-state index contributed by atoms with van der Waals surface area (Å²) in [4.78, 5) is 13.1. The van der Waals surface area contributed by atoms with E-state index in [-0.39, 0.29) is 0 Å². The lowest BCUT2D eigenvalue weighted by Crippen LogP contribution is -2.47. The van der Waals surface area contributed by atoms with Gasteiger partial charge in [-0.3, -0.25) is 9.69 Å². The summed E-state index contributed by atoms with van der Waals surface area (Å²) in [6, 6.07) is 14.4. The van der Waals surface area contributed by atoms with Crippen LogP contribution < -0.4 is 0 Å². The number of carbonyl (C=O) groups is 1. The molecule has 2 aromatic rings. The third-order valence-electron chi connectivity index (χ3n) is 3.71. The molecule has 0 saturated carbocycles. The van der Waals surface area contributed by atoms with Gasteiger partial charge < -0.3 is 5.11 Å². The molecule has 0 aromatic heterocycles. The molecule has 0 unspecified atom stereocenters. The molecular formula is C16H19NO2. The second-order valence-corrected chi connectivity index (χ2v) is 5.40. The Morgan fingerprint density at radius 2 is 1.79 bits per heavy atom. The summed E-state index contributed by atoms with van der Waals surface area (Å²) in [5, 5.41) is 11.6. The quantitative estimate of drug-likeness (QED) is 0.914. The van der Waals surface area contributed by atoms with Crippen LogP contribution in [0, 0.1) is 0 Å². The lowest BCUT2D eigenvalue weighted by atomic mass is 10.0. The second kappa shape index (κ2) is 5.02. The van der Waals surface area contributed by atoms with E-state index < -0.39 is 11.5 Å². The topological polar surface area (TPSA) is 40.5 Å². The van der Waals surface area contributed by atoms with E-state index >= 15 is 0 Å². The van der Waals surface area contributed by atoms with Gasteiger partial charge in [-0.1, -0.05) is 36.4 Å². The molecule has 0 aliphatic carbocycles. The highest BCUT2D eigenvalue weighted by Crippen LogP contribution is 2.20. The highest BCUT2D eigenvalue weighted by molar-refractivity contribution is 5.83. The first kappa shape index (κ1) is 13.6. The maximum absolute atomic E-state index is 11.2. The highest BCUT2D eigenvalue weighted by Gasteiger charge is 2.31. The van der Waals surface area contributed by atoms with E-state index in [0.29, 0.717) is 6.54 Å². The lowest BCUT2D eigenvalue weighted by molar-refractivity contribution is -0.148. The third kappa shape index (κ3) is 2.76. The summed E-state index contributed by atoms with van der Waals surface area (Å²) >= 11 is 0. The average molecular weight is 257 g/mol. The first-order valence-corrected chi connectivity index (χ1v) is 6.33. The van der Waals surface area contributed by atoms with Gasteiger partial charge in [0, 0.05) is 6.54 Å². The van der Waals surface area contributed by atoms with E-state index in [1.807, 2.05) is 24.1 Å². The van der Waals surface area contributed by atoms with Crippen LogP contribution in [0.1, 0.15) is 19.4 Å². The largest absolute Gasteiger partial charge is 0.480 e. The van der Waals surface area contributed by atoms with E-state index in [4.69, 9.17) is 0 Å². The maximum atomic E-state index is 11.2. The second-order valence-electron chi connectivity index (χ2n) is 5.40. The van der Waals surface area contributed by atoms with Crippen LogP contribution in [0.5, 0.6) is 0 Å². The monoisotopic (exact) mass is 257 g/mol. The predicted octanol–water partition coefficient (Wildman–Crippen LogP) is 3.13. The Labute approximate surface area is 113 Å². The summed E-state index contributed by atoms with van der Waals surface area (Å²) in [5.74, 6) is -0.809. The molecule has 0 radical (unpaired) electrons. The molecule has 0 fully saturated rings. The van der Waals surface area contributed by atoms with E-state index in [9.17, 15) is 9.90 Å². The fourth-order valence-corrected chi connectivity index (χ4v) is 1.97. The Hall–Kier alpha value is -1.87. The van der Waals surface area contributed by atoms with Gasteiger partial charge in [-0.15, -0.1) is 0 Å². The van der Waals surface area contributed by atoms with E-state index in [1.165, 1.54) is 10.8 Å². The molecule has 3 heteroatoms. The van der Waals surface area contributed by atoms with Gasteiger partial charge in [0.15, 0.2) is 0 Å². The summed E-state index contributed by atoms with van der Waals surface area (Å²) < 4.78 is 0. The van der Waals surface area contributed by atoms with Gasteiger partial charge in [-0.05, 0) is 43.3 Å². The molecule has 0 aliphatic heterocycles. The number of likely N-dealkylation sites (N-methyl/N-ethyl adjacent to an activating group) is 1. The number of benzene rings is 2. The Kier molecular flexibility index (Phi) is 3.58. The average Bonchev–Trinajstić information content (AvgIpc) is 2.38. The zero-order valence-electron chi connectivity index (χ0n) is 11.6. The normalized spacial score (nSPS) is 12.0. The molecule has 100 valence electrons. The van der Waals surface area contributed by atoms with E-state index in [2.05, 4.69) is 30.3 Å². The van der Waals surface area contributed by atoms with E-state index in [0.717, 1.165) is 5.56 Å². The SMILES string of the molecule is CN(Cc1ccc2ccccc2c1)C(C)(C)C(=O)O. The number of carboxylic acid groups (broad SMARTS) is 1. The van der Waals surface area contributed by atoms with Crippen molar-refractivity contribution in [2.45, 2.75) is 25.9 Å². The molecule has 3 nitrogen and oxygen atoms in total. The first-order chi connectivity index (χ1) is 8.91. The molecule has 0 aliphatic rings. The molecule has 0 saturated heterocycles. The van der Waals surface area contributed by atoms with Crippen LogP contribution in [-0.2, 0) is 11.3 Å². The van der Waals surface area contributed by atoms with Gasteiger partial charge in [0.05, 0.1) is 0 Å². The van der Waals surface area contributed by atoms with Crippen molar-refractivity contribution in [3.8, 4) is 0 Å². The molecule has 0 bridgehead atoms. The predicted molar refractivity (Wildman–Crippen MR) is 77.1 cm³/mol. The number of nitrogens with zero attached hydrogens (tertiary/aromatic N) is 1. The van der Waals surface area contributed by atoms with Crippen molar-refractivity contribution in [1.82, 2.24) is 4.90 Å². The Morgan fingerprint density at radius 3 is 2.42 bits per heavy atom. The van der Waals surface area contributed by atoms with Gasteiger partial charge in [0.25, 0.3) is 0 Å². The summed E-state index contributed by atoms with van der Waals surface area (Å²) in [5.41, 5.74) is 0.251. The van der Waals surface area contributed by atoms with Crippen molar-refractivity contribution in [2.75, 3.05) is 7.05 Å². The van der Waals surface area contributed by atoms with Crippen LogP contribution in [0.4, 0.5) is 0 Å². The molecule has 2 aromatic carbocycles.